The lowest BCUT2D eigenvalue weighted by atomic mass is 9.97. The van der Waals surface area contributed by atoms with Crippen LogP contribution < -0.4 is 5.32 Å². The molecule has 0 saturated heterocycles. The highest BCUT2D eigenvalue weighted by atomic mass is 19.1. The molecule has 0 saturated carbocycles. The third kappa shape index (κ3) is 3.70. The summed E-state index contributed by atoms with van der Waals surface area (Å²) < 4.78 is 15.8. The molecule has 0 aliphatic heterocycles. The molecule has 4 heteroatoms. The Morgan fingerprint density at radius 2 is 1.95 bits per heavy atom. The van der Waals surface area contributed by atoms with E-state index in [4.69, 9.17) is 0 Å². The molecule has 3 nitrogen and oxygen atoms in total. The van der Waals surface area contributed by atoms with Gasteiger partial charge < -0.3 is 5.32 Å². The average Bonchev–Trinajstić information content (AvgIpc) is 2.68. The van der Waals surface area contributed by atoms with Crippen molar-refractivity contribution in [1.29, 1.82) is 0 Å². The van der Waals surface area contributed by atoms with Crippen molar-refractivity contribution in [2.75, 3.05) is 6.54 Å². The Hall–Kier alpha value is -1.68. The Labute approximate surface area is 126 Å². The van der Waals surface area contributed by atoms with Crippen molar-refractivity contribution in [1.82, 2.24) is 15.1 Å². The van der Waals surface area contributed by atoms with Crippen LogP contribution in [0.15, 0.2) is 24.3 Å². The van der Waals surface area contributed by atoms with E-state index in [1.807, 2.05) is 30.8 Å². The van der Waals surface area contributed by atoms with Gasteiger partial charge in [-0.15, -0.1) is 0 Å². The lowest BCUT2D eigenvalue weighted by Crippen LogP contribution is -2.33. The maximum atomic E-state index is 13.8. The average molecular weight is 289 g/mol. The van der Waals surface area contributed by atoms with E-state index < -0.39 is 0 Å². The van der Waals surface area contributed by atoms with E-state index >= 15 is 0 Å². The molecule has 1 atom stereocenters. The predicted molar refractivity (Wildman–Crippen MR) is 84.0 cm³/mol. The van der Waals surface area contributed by atoms with Crippen LogP contribution >= 0.6 is 0 Å². The summed E-state index contributed by atoms with van der Waals surface area (Å²) in [6.07, 6.45) is 1.56. The molecule has 0 bridgehead atoms. The Bertz CT molecular complexity index is 604. The molecular weight excluding hydrogens is 265 g/mol. The summed E-state index contributed by atoms with van der Waals surface area (Å²) in [6.45, 7) is 7.07. The Morgan fingerprint density at radius 1 is 1.24 bits per heavy atom. The van der Waals surface area contributed by atoms with E-state index in [9.17, 15) is 4.39 Å². The molecule has 1 aromatic heterocycles. The highest BCUT2D eigenvalue weighted by Crippen LogP contribution is 2.17. The molecule has 0 radical (unpaired) electrons. The maximum absolute atomic E-state index is 13.8. The Morgan fingerprint density at radius 3 is 2.52 bits per heavy atom. The SMILES string of the molecule is CCNC(Cc1ccccc1F)Cc1c(C)nn(C)c1C. The monoisotopic (exact) mass is 289 g/mol. The van der Waals surface area contributed by atoms with Crippen molar-refractivity contribution in [3.63, 3.8) is 0 Å². The van der Waals surface area contributed by atoms with Crippen LogP contribution in [0.25, 0.3) is 0 Å². The number of nitrogens with one attached hydrogen (secondary N) is 1. The summed E-state index contributed by atoms with van der Waals surface area (Å²) in [7, 11) is 1.96. The minimum Gasteiger partial charge on any atom is -0.314 e. The van der Waals surface area contributed by atoms with Crippen LogP contribution in [0.2, 0.25) is 0 Å². The quantitative estimate of drug-likeness (QED) is 0.886. The van der Waals surface area contributed by atoms with Crippen LogP contribution in [-0.4, -0.2) is 22.4 Å². The molecule has 1 heterocycles. The lowest BCUT2D eigenvalue weighted by Gasteiger charge is -2.18. The van der Waals surface area contributed by atoms with Gasteiger partial charge in [-0.3, -0.25) is 4.68 Å². The fourth-order valence-electron chi connectivity index (χ4n) is 2.79. The van der Waals surface area contributed by atoms with Gasteiger partial charge in [0.1, 0.15) is 5.82 Å². The number of nitrogens with zero attached hydrogens (tertiary/aromatic N) is 2. The second-order valence-corrected chi connectivity index (χ2v) is 5.53. The zero-order chi connectivity index (χ0) is 15.4. The number of benzene rings is 1. The fraction of sp³-hybridized carbons (Fsp3) is 0.471. The van der Waals surface area contributed by atoms with Crippen molar-refractivity contribution in [2.24, 2.45) is 7.05 Å². The molecule has 0 fully saturated rings. The van der Waals surface area contributed by atoms with Crippen molar-refractivity contribution in [2.45, 2.75) is 39.7 Å². The summed E-state index contributed by atoms with van der Waals surface area (Å²) in [5.74, 6) is -0.125. The fourth-order valence-corrected chi connectivity index (χ4v) is 2.79. The van der Waals surface area contributed by atoms with E-state index in [0.29, 0.717) is 6.42 Å². The first-order chi connectivity index (χ1) is 10.0. The van der Waals surface area contributed by atoms with Crippen LogP contribution in [0, 0.1) is 19.7 Å². The van der Waals surface area contributed by atoms with E-state index in [-0.39, 0.29) is 11.9 Å². The number of aryl methyl sites for hydroxylation is 2. The van der Waals surface area contributed by atoms with E-state index in [1.54, 1.807) is 6.07 Å². The van der Waals surface area contributed by atoms with Gasteiger partial charge in [0.05, 0.1) is 5.69 Å². The molecule has 0 aliphatic carbocycles. The standard InChI is InChI=1S/C17H24FN3/c1-5-19-15(10-14-8-6-7-9-17(14)18)11-16-12(2)20-21(4)13(16)3/h6-9,15,19H,5,10-11H2,1-4H3. The van der Waals surface area contributed by atoms with Crippen LogP contribution in [0.3, 0.4) is 0 Å². The zero-order valence-corrected chi connectivity index (χ0v) is 13.3. The van der Waals surface area contributed by atoms with Gasteiger partial charge in [0.2, 0.25) is 0 Å². The topological polar surface area (TPSA) is 29.9 Å². The first kappa shape index (κ1) is 15.7. The molecule has 114 valence electrons. The lowest BCUT2D eigenvalue weighted by molar-refractivity contribution is 0.504. The Balaban J connectivity index is 2.18. The molecule has 0 amide bonds. The minimum absolute atomic E-state index is 0.125. The number of hydrogen-bond acceptors (Lipinski definition) is 2. The van der Waals surface area contributed by atoms with Crippen molar-refractivity contribution >= 4 is 0 Å². The molecule has 0 spiro atoms. The molecule has 2 aromatic rings. The highest BCUT2D eigenvalue weighted by Gasteiger charge is 2.17. The number of halogens is 1. The third-order valence-electron chi connectivity index (χ3n) is 4.03. The summed E-state index contributed by atoms with van der Waals surface area (Å²) in [6, 6.07) is 7.23. The molecule has 0 aliphatic rings. The number of rotatable bonds is 6. The molecule has 1 aromatic carbocycles. The summed E-state index contributed by atoms with van der Waals surface area (Å²) in [5, 5.41) is 7.93. The van der Waals surface area contributed by atoms with Gasteiger partial charge >= 0.3 is 0 Å². The van der Waals surface area contributed by atoms with E-state index in [0.717, 1.165) is 24.2 Å². The van der Waals surface area contributed by atoms with Crippen LogP contribution in [0.5, 0.6) is 0 Å². The van der Waals surface area contributed by atoms with Gasteiger partial charge in [-0.2, -0.15) is 5.10 Å². The van der Waals surface area contributed by atoms with Gasteiger partial charge in [-0.05, 0) is 50.4 Å². The van der Waals surface area contributed by atoms with Crippen LogP contribution in [0.4, 0.5) is 4.39 Å². The van der Waals surface area contributed by atoms with Gasteiger partial charge in [-0.25, -0.2) is 4.39 Å². The van der Waals surface area contributed by atoms with Crippen molar-refractivity contribution in [3.8, 4) is 0 Å². The van der Waals surface area contributed by atoms with E-state index in [1.165, 1.54) is 17.3 Å². The van der Waals surface area contributed by atoms with E-state index in [2.05, 4.69) is 24.3 Å². The zero-order valence-electron chi connectivity index (χ0n) is 13.3. The molecule has 1 unspecified atom stereocenters. The third-order valence-corrected chi connectivity index (χ3v) is 4.03. The summed E-state index contributed by atoms with van der Waals surface area (Å²) >= 11 is 0. The smallest absolute Gasteiger partial charge is 0.126 e. The number of aromatic nitrogens is 2. The minimum atomic E-state index is -0.125. The molecule has 2 rings (SSSR count). The Kier molecular flexibility index (Phi) is 5.12. The van der Waals surface area contributed by atoms with Crippen LogP contribution in [-0.2, 0) is 19.9 Å². The van der Waals surface area contributed by atoms with Gasteiger partial charge in [0.15, 0.2) is 0 Å². The molecule has 1 N–H and O–H groups in total. The number of likely N-dealkylation sites (N-methyl/N-ethyl adjacent to an activating group) is 1. The second-order valence-electron chi connectivity index (χ2n) is 5.53. The normalized spacial score (nSPS) is 12.6. The maximum Gasteiger partial charge on any atom is 0.126 e. The summed E-state index contributed by atoms with van der Waals surface area (Å²) in [4.78, 5) is 0. The van der Waals surface area contributed by atoms with Gasteiger partial charge in [0, 0.05) is 18.8 Å². The molecular formula is C17H24FN3. The largest absolute Gasteiger partial charge is 0.314 e. The summed E-state index contributed by atoms with van der Waals surface area (Å²) in [5.41, 5.74) is 4.28. The first-order valence-corrected chi connectivity index (χ1v) is 7.48. The first-order valence-electron chi connectivity index (χ1n) is 7.48. The van der Waals surface area contributed by atoms with Crippen molar-refractivity contribution in [3.05, 3.63) is 52.6 Å². The number of hydrogen-bond donors (Lipinski definition) is 1. The van der Waals surface area contributed by atoms with Gasteiger partial charge in [-0.1, -0.05) is 25.1 Å². The second kappa shape index (κ2) is 6.85. The van der Waals surface area contributed by atoms with Gasteiger partial charge in [0.25, 0.3) is 0 Å². The highest BCUT2D eigenvalue weighted by molar-refractivity contribution is 5.26. The molecule has 21 heavy (non-hydrogen) atoms. The van der Waals surface area contributed by atoms with Crippen LogP contribution in [0.1, 0.15) is 29.4 Å². The predicted octanol–water partition coefficient (Wildman–Crippen LogP) is 2.94. The van der Waals surface area contributed by atoms with Crippen molar-refractivity contribution < 1.29 is 4.39 Å².